The molecule has 0 radical (unpaired) electrons. The molecule has 2 aliphatic heterocycles. The van der Waals surface area contributed by atoms with E-state index in [4.69, 9.17) is 0 Å². The van der Waals surface area contributed by atoms with Crippen molar-refractivity contribution in [3.8, 4) is 0 Å². The zero-order chi connectivity index (χ0) is 18.7. The van der Waals surface area contributed by atoms with Gasteiger partial charge in [-0.1, -0.05) is 0 Å². The molecular weight excluding hydrogens is 336 g/mol. The van der Waals surface area contributed by atoms with Gasteiger partial charge >= 0.3 is 0 Å². The Bertz CT molecular complexity index is 689. The van der Waals surface area contributed by atoms with Crippen molar-refractivity contribution in [3.63, 3.8) is 0 Å². The lowest BCUT2D eigenvalue weighted by Gasteiger charge is -2.32. The highest BCUT2D eigenvalue weighted by Gasteiger charge is 2.31. The smallest absolute Gasteiger partial charge is 0.271 e. The van der Waals surface area contributed by atoms with Gasteiger partial charge < -0.3 is 20.4 Å². The zero-order valence-corrected chi connectivity index (χ0v) is 15.3. The van der Waals surface area contributed by atoms with Gasteiger partial charge in [-0.25, -0.2) is 0 Å². The molecule has 142 valence electrons. The second-order valence-electron chi connectivity index (χ2n) is 7.10. The molecule has 1 fully saturated rings. The number of hydrogen-bond acceptors (Lipinski definition) is 5. The lowest BCUT2D eigenvalue weighted by Crippen LogP contribution is -2.47. The minimum Gasteiger partial charge on any atom is -0.355 e. The van der Waals surface area contributed by atoms with Gasteiger partial charge in [-0.2, -0.15) is 5.10 Å². The number of aromatic nitrogens is 2. The molecule has 9 heteroatoms. The van der Waals surface area contributed by atoms with E-state index in [1.165, 1.54) is 0 Å². The summed E-state index contributed by atoms with van der Waals surface area (Å²) in [5.74, 6) is -0.275. The van der Waals surface area contributed by atoms with E-state index in [1.807, 2.05) is 19.0 Å². The lowest BCUT2D eigenvalue weighted by atomic mass is 9.97. The van der Waals surface area contributed by atoms with E-state index >= 15 is 0 Å². The molecule has 0 bridgehead atoms. The lowest BCUT2D eigenvalue weighted by molar-refractivity contribution is -0.138. The number of likely N-dealkylation sites (N-methyl/N-ethyl adjacent to an activating group) is 1. The number of amides is 3. The number of rotatable bonds is 5. The van der Waals surface area contributed by atoms with Crippen LogP contribution in [0.4, 0.5) is 0 Å². The number of nitrogens with one attached hydrogen (secondary N) is 2. The highest BCUT2D eigenvalue weighted by molar-refractivity contribution is 5.92. The van der Waals surface area contributed by atoms with Crippen molar-refractivity contribution < 1.29 is 14.4 Å². The van der Waals surface area contributed by atoms with Crippen LogP contribution in [0, 0.1) is 5.92 Å². The normalized spacial score (nSPS) is 19.9. The molecule has 26 heavy (non-hydrogen) atoms. The third-order valence-corrected chi connectivity index (χ3v) is 4.80. The van der Waals surface area contributed by atoms with Crippen LogP contribution in [0.1, 0.15) is 29.0 Å². The summed E-state index contributed by atoms with van der Waals surface area (Å²) in [4.78, 5) is 39.9. The van der Waals surface area contributed by atoms with Gasteiger partial charge in [0.1, 0.15) is 0 Å². The Kier molecular flexibility index (Phi) is 5.55. The first-order valence-electron chi connectivity index (χ1n) is 8.99. The van der Waals surface area contributed by atoms with E-state index in [1.54, 1.807) is 15.6 Å². The summed E-state index contributed by atoms with van der Waals surface area (Å²) in [6.07, 6.45) is 0.999. The number of fused-ring (bicyclic) bond motifs is 1. The number of hydrogen-bond donors (Lipinski definition) is 2. The highest BCUT2D eigenvalue weighted by Crippen LogP contribution is 2.19. The molecule has 0 aliphatic carbocycles. The molecule has 2 N–H and O–H groups in total. The van der Waals surface area contributed by atoms with Gasteiger partial charge in [0, 0.05) is 32.6 Å². The van der Waals surface area contributed by atoms with Crippen LogP contribution in [0.2, 0.25) is 0 Å². The summed E-state index contributed by atoms with van der Waals surface area (Å²) < 4.78 is 1.80. The third kappa shape index (κ3) is 4.21. The van der Waals surface area contributed by atoms with E-state index < -0.39 is 0 Å². The fraction of sp³-hybridized carbons (Fsp3) is 0.647. The largest absolute Gasteiger partial charge is 0.355 e. The Morgan fingerprint density at radius 1 is 1.38 bits per heavy atom. The molecular formula is C17H26N6O3. The highest BCUT2D eigenvalue weighted by atomic mass is 16.2. The van der Waals surface area contributed by atoms with Crippen LogP contribution in [0.25, 0.3) is 0 Å². The van der Waals surface area contributed by atoms with Crippen molar-refractivity contribution in [2.75, 3.05) is 40.3 Å². The number of carbonyl (C=O) groups is 3. The maximum Gasteiger partial charge on any atom is 0.271 e. The minimum atomic E-state index is -0.193. The SMILES string of the molecule is CN(C)CCNC(=O)c1cc2n(n1)CCN(C(=O)[C@H]1CCC(=O)NC1)C2. The number of piperidine rings is 1. The summed E-state index contributed by atoms with van der Waals surface area (Å²) in [6, 6.07) is 1.76. The second-order valence-corrected chi connectivity index (χ2v) is 7.10. The molecule has 0 unspecified atom stereocenters. The topological polar surface area (TPSA) is 99.6 Å². The van der Waals surface area contributed by atoms with Crippen molar-refractivity contribution in [1.82, 2.24) is 30.2 Å². The minimum absolute atomic E-state index is 0.00990. The summed E-state index contributed by atoms with van der Waals surface area (Å²) in [5, 5.41) is 9.97. The average molecular weight is 362 g/mol. The first kappa shape index (κ1) is 18.4. The standard InChI is InChI=1S/C17H26N6O3/c1-21(2)6-5-18-16(25)14-9-13-11-22(7-8-23(13)20-14)17(26)12-3-4-15(24)19-10-12/h9,12H,3-8,10-11H2,1-2H3,(H,18,25)(H,19,24)/t12-/m0/s1. The Morgan fingerprint density at radius 3 is 2.88 bits per heavy atom. The Hall–Kier alpha value is -2.42. The van der Waals surface area contributed by atoms with Crippen LogP contribution < -0.4 is 10.6 Å². The monoisotopic (exact) mass is 362 g/mol. The summed E-state index contributed by atoms with van der Waals surface area (Å²) in [5.41, 5.74) is 1.25. The second kappa shape index (κ2) is 7.86. The third-order valence-electron chi connectivity index (χ3n) is 4.80. The van der Waals surface area contributed by atoms with Crippen molar-refractivity contribution in [1.29, 1.82) is 0 Å². The van der Waals surface area contributed by atoms with E-state index in [2.05, 4.69) is 15.7 Å². The Balaban J connectivity index is 1.58. The van der Waals surface area contributed by atoms with Gasteiger partial charge in [0.25, 0.3) is 5.91 Å². The molecule has 0 spiro atoms. The Labute approximate surface area is 152 Å². The number of nitrogens with zero attached hydrogens (tertiary/aromatic N) is 4. The molecule has 1 aromatic rings. The molecule has 9 nitrogen and oxygen atoms in total. The first-order valence-corrected chi connectivity index (χ1v) is 8.99. The predicted molar refractivity (Wildman–Crippen MR) is 94.3 cm³/mol. The fourth-order valence-electron chi connectivity index (χ4n) is 3.25. The van der Waals surface area contributed by atoms with E-state index in [9.17, 15) is 14.4 Å². The van der Waals surface area contributed by atoms with E-state index in [0.29, 0.717) is 51.3 Å². The Morgan fingerprint density at radius 2 is 2.19 bits per heavy atom. The van der Waals surface area contributed by atoms with Gasteiger partial charge in [0.15, 0.2) is 5.69 Å². The molecule has 1 atom stereocenters. The van der Waals surface area contributed by atoms with Crippen molar-refractivity contribution >= 4 is 17.7 Å². The van der Waals surface area contributed by atoms with Crippen LogP contribution in [-0.4, -0.2) is 77.6 Å². The molecule has 1 saturated heterocycles. The van der Waals surface area contributed by atoms with Gasteiger partial charge in [-0.05, 0) is 26.6 Å². The zero-order valence-electron chi connectivity index (χ0n) is 15.3. The predicted octanol–water partition coefficient (Wildman–Crippen LogP) is -0.957. The molecule has 3 heterocycles. The molecule has 1 aromatic heterocycles. The molecule has 3 amide bonds. The van der Waals surface area contributed by atoms with Crippen LogP contribution >= 0.6 is 0 Å². The number of carbonyl (C=O) groups excluding carboxylic acids is 3. The summed E-state index contributed by atoms with van der Waals surface area (Å²) in [6.45, 7) is 3.32. The van der Waals surface area contributed by atoms with Crippen molar-refractivity contribution in [2.24, 2.45) is 5.92 Å². The fourth-order valence-corrected chi connectivity index (χ4v) is 3.25. The summed E-state index contributed by atoms with van der Waals surface area (Å²) >= 11 is 0. The quantitative estimate of drug-likeness (QED) is 0.703. The molecule has 0 saturated carbocycles. The molecule has 2 aliphatic rings. The van der Waals surface area contributed by atoms with Crippen LogP contribution in [0.5, 0.6) is 0 Å². The van der Waals surface area contributed by atoms with Crippen LogP contribution in [0.3, 0.4) is 0 Å². The van der Waals surface area contributed by atoms with Gasteiger partial charge in [0.05, 0.1) is 24.7 Å². The molecule has 3 rings (SSSR count). The van der Waals surface area contributed by atoms with E-state index in [-0.39, 0.29) is 23.6 Å². The van der Waals surface area contributed by atoms with Crippen molar-refractivity contribution in [3.05, 3.63) is 17.5 Å². The van der Waals surface area contributed by atoms with Crippen molar-refractivity contribution in [2.45, 2.75) is 25.9 Å². The summed E-state index contributed by atoms with van der Waals surface area (Å²) in [7, 11) is 3.90. The first-order chi connectivity index (χ1) is 12.4. The molecule has 0 aromatic carbocycles. The maximum absolute atomic E-state index is 12.7. The maximum atomic E-state index is 12.7. The van der Waals surface area contributed by atoms with Gasteiger partial charge in [-0.3, -0.25) is 19.1 Å². The van der Waals surface area contributed by atoms with Gasteiger partial charge in [-0.15, -0.1) is 0 Å². The van der Waals surface area contributed by atoms with Crippen LogP contribution in [0.15, 0.2) is 6.07 Å². The van der Waals surface area contributed by atoms with Gasteiger partial charge in [0.2, 0.25) is 11.8 Å². The average Bonchev–Trinajstić information content (AvgIpc) is 3.04. The van der Waals surface area contributed by atoms with E-state index in [0.717, 1.165) is 12.2 Å². The van der Waals surface area contributed by atoms with Crippen LogP contribution in [-0.2, 0) is 22.7 Å².